The first-order valence-electron chi connectivity index (χ1n) is 5.99. The average molecular weight is 325 g/mol. The van der Waals surface area contributed by atoms with E-state index in [0.29, 0.717) is 11.6 Å². The van der Waals surface area contributed by atoms with E-state index in [2.05, 4.69) is 28.0 Å². The van der Waals surface area contributed by atoms with Crippen LogP contribution in [-0.2, 0) is 0 Å². The van der Waals surface area contributed by atoms with Gasteiger partial charge in [0.1, 0.15) is 5.69 Å². The summed E-state index contributed by atoms with van der Waals surface area (Å²) in [5.41, 5.74) is 1.48. The lowest BCUT2D eigenvalue weighted by molar-refractivity contribution is 0.112. The molecule has 0 aromatic carbocycles. The van der Waals surface area contributed by atoms with E-state index < -0.39 is 0 Å². The van der Waals surface area contributed by atoms with E-state index in [1.54, 1.807) is 11.3 Å². The average Bonchev–Trinajstić information content (AvgIpc) is 2.98. The van der Waals surface area contributed by atoms with Gasteiger partial charge >= 0.3 is 0 Å². The Morgan fingerprint density at radius 2 is 2.33 bits per heavy atom. The molecule has 0 spiro atoms. The lowest BCUT2D eigenvalue weighted by Crippen LogP contribution is -2.07. The molecule has 0 aliphatic heterocycles. The van der Waals surface area contributed by atoms with Gasteiger partial charge < -0.3 is 0 Å². The van der Waals surface area contributed by atoms with Crippen molar-refractivity contribution >= 4 is 33.6 Å². The number of carbonyl (C=O) groups excluding carboxylic acids is 1. The number of aldehydes is 1. The highest BCUT2D eigenvalue weighted by atomic mass is 79.9. The molecule has 0 saturated heterocycles. The zero-order valence-corrected chi connectivity index (χ0v) is 12.4. The zero-order valence-electron chi connectivity index (χ0n) is 9.97. The van der Waals surface area contributed by atoms with Crippen LogP contribution < -0.4 is 0 Å². The molecule has 1 saturated carbocycles. The fourth-order valence-corrected chi connectivity index (χ4v) is 3.52. The summed E-state index contributed by atoms with van der Waals surface area (Å²) in [7, 11) is 0. The summed E-state index contributed by atoms with van der Waals surface area (Å²) in [6.07, 6.45) is 5.32. The number of rotatable bonds is 4. The Hall–Kier alpha value is -0.940. The van der Waals surface area contributed by atoms with Crippen molar-refractivity contribution in [2.24, 2.45) is 5.92 Å². The lowest BCUT2D eigenvalue weighted by atomic mass is 10.2. The number of hydrogen-bond acceptors (Lipinski definition) is 3. The second-order valence-corrected chi connectivity index (χ2v) is 7.18. The molecule has 1 unspecified atom stereocenters. The molecule has 1 aliphatic rings. The minimum Gasteiger partial charge on any atom is -0.298 e. The molecule has 2 heterocycles. The third-order valence-electron chi connectivity index (χ3n) is 3.42. The summed E-state index contributed by atoms with van der Waals surface area (Å²) in [6.45, 7) is 2.17. The molecule has 1 fully saturated rings. The predicted octanol–water partition coefficient (Wildman–Crippen LogP) is 4.16. The molecule has 3 rings (SSSR count). The third kappa shape index (κ3) is 2.17. The number of halogens is 1. The molecule has 1 aliphatic carbocycles. The van der Waals surface area contributed by atoms with Crippen LogP contribution in [0.5, 0.6) is 0 Å². The van der Waals surface area contributed by atoms with Crippen molar-refractivity contribution in [3.63, 3.8) is 0 Å². The van der Waals surface area contributed by atoms with Gasteiger partial charge in [0.2, 0.25) is 0 Å². The quantitative estimate of drug-likeness (QED) is 0.791. The van der Waals surface area contributed by atoms with Gasteiger partial charge in [-0.15, -0.1) is 11.3 Å². The van der Waals surface area contributed by atoms with Crippen LogP contribution in [0.2, 0.25) is 0 Å². The van der Waals surface area contributed by atoms with Crippen molar-refractivity contribution in [2.75, 3.05) is 0 Å². The standard InChI is InChI=1S/C13H13BrN2OS/c1-8(9-2-3-9)16-6-10(7-17)13(15-16)11-4-5-12(14)18-11/h4-9H,2-3H2,1H3. The molecule has 0 amide bonds. The maximum absolute atomic E-state index is 11.2. The fraction of sp³-hybridized carbons (Fsp3) is 0.385. The highest BCUT2D eigenvalue weighted by Gasteiger charge is 2.30. The molecular weight excluding hydrogens is 312 g/mol. The van der Waals surface area contributed by atoms with Crippen molar-refractivity contribution in [1.82, 2.24) is 9.78 Å². The normalized spacial score (nSPS) is 16.8. The van der Waals surface area contributed by atoms with Crippen LogP contribution in [0, 0.1) is 5.92 Å². The SMILES string of the molecule is CC(C1CC1)n1cc(C=O)c(-c2ccc(Br)s2)n1. The van der Waals surface area contributed by atoms with E-state index in [-0.39, 0.29) is 0 Å². The van der Waals surface area contributed by atoms with Crippen molar-refractivity contribution in [1.29, 1.82) is 0 Å². The Morgan fingerprint density at radius 3 is 2.89 bits per heavy atom. The molecule has 2 aromatic rings. The fourth-order valence-electron chi connectivity index (χ4n) is 2.13. The van der Waals surface area contributed by atoms with Crippen LogP contribution in [0.25, 0.3) is 10.6 Å². The monoisotopic (exact) mass is 324 g/mol. The van der Waals surface area contributed by atoms with Gasteiger partial charge in [-0.3, -0.25) is 9.48 Å². The lowest BCUT2D eigenvalue weighted by Gasteiger charge is -2.09. The predicted molar refractivity (Wildman–Crippen MR) is 76.1 cm³/mol. The van der Waals surface area contributed by atoms with E-state index >= 15 is 0 Å². The van der Waals surface area contributed by atoms with Crippen LogP contribution in [0.1, 0.15) is 36.2 Å². The van der Waals surface area contributed by atoms with Gasteiger partial charge in [-0.25, -0.2) is 0 Å². The van der Waals surface area contributed by atoms with Crippen LogP contribution in [0.3, 0.4) is 0 Å². The number of thiophene rings is 1. The summed E-state index contributed by atoms with van der Waals surface area (Å²) in [5, 5.41) is 4.60. The molecule has 1 atom stereocenters. The Labute approximate surface area is 118 Å². The van der Waals surface area contributed by atoms with Gasteiger partial charge in [0.15, 0.2) is 6.29 Å². The van der Waals surface area contributed by atoms with Crippen molar-refractivity contribution in [3.05, 3.63) is 27.7 Å². The Morgan fingerprint density at radius 1 is 1.56 bits per heavy atom. The van der Waals surface area contributed by atoms with E-state index in [4.69, 9.17) is 0 Å². The molecule has 0 N–H and O–H groups in total. The zero-order chi connectivity index (χ0) is 12.7. The van der Waals surface area contributed by atoms with E-state index in [9.17, 15) is 4.79 Å². The number of hydrogen-bond donors (Lipinski definition) is 0. The second-order valence-electron chi connectivity index (χ2n) is 4.71. The largest absolute Gasteiger partial charge is 0.298 e. The van der Waals surface area contributed by atoms with Gasteiger partial charge in [-0.05, 0) is 53.7 Å². The first kappa shape index (κ1) is 12.1. The molecule has 2 aromatic heterocycles. The maximum atomic E-state index is 11.2. The van der Waals surface area contributed by atoms with Crippen molar-refractivity contribution in [2.45, 2.75) is 25.8 Å². The van der Waals surface area contributed by atoms with Crippen molar-refractivity contribution < 1.29 is 4.79 Å². The number of aromatic nitrogens is 2. The second kappa shape index (κ2) is 4.63. The molecule has 18 heavy (non-hydrogen) atoms. The van der Waals surface area contributed by atoms with Gasteiger partial charge in [-0.1, -0.05) is 0 Å². The minimum atomic E-state index is 0.390. The molecule has 0 bridgehead atoms. The Kier molecular flexibility index (Phi) is 3.11. The smallest absolute Gasteiger partial charge is 0.153 e. The van der Waals surface area contributed by atoms with Crippen LogP contribution in [0.4, 0.5) is 0 Å². The number of nitrogens with zero attached hydrogens (tertiary/aromatic N) is 2. The van der Waals surface area contributed by atoms with Crippen LogP contribution in [0.15, 0.2) is 22.1 Å². The maximum Gasteiger partial charge on any atom is 0.153 e. The topological polar surface area (TPSA) is 34.9 Å². The van der Waals surface area contributed by atoms with Crippen LogP contribution in [-0.4, -0.2) is 16.1 Å². The van der Waals surface area contributed by atoms with Crippen molar-refractivity contribution in [3.8, 4) is 10.6 Å². The molecule has 3 nitrogen and oxygen atoms in total. The highest BCUT2D eigenvalue weighted by molar-refractivity contribution is 9.11. The first-order chi connectivity index (χ1) is 8.69. The third-order valence-corrected chi connectivity index (χ3v) is 5.05. The molecule has 0 radical (unpaired) electrons. The highest BCUT2D eigenvalue weighted by Crippen LogP contribution is 2.40. The summed E-state index contributed by atoms with van der Waals surface area (Å²) in [4.78, 5) is 12.2. The van der Waals surface area contributed by atoms with E-state index in [1.807, 2.05) is 23.0 Å². The summed E-state index contributed by atoms with van der Waals surface area (Å²) < 4.78 is 3.00. The van der Waals surface area contributed by atoms with Gasteiger partial charge in [-0.2, -0.15) is 5.10 Å². The molecular formula is C13H13BrN2OS. The first-order valence-corrected chi connectivity index (χ1v) is 7.60. The summed E-state index contributed by atoms with van der Waals surface area (Å²) in [5.74, 6) is 0.729. The Bertz CT molecular complexity index is 586. The van der Waals surface area contributed by atoms with Gasteiger partial charge in [0.05, 0.1) is 20.3 Å². The van der Waals surface area contributed by atoms with Crippen LogP contribution >= 0.6 is 27.3 Å². The summed E-state index contributed by atoms with van der Waals surface area (Å²) in [6, 6.07) is 4.37. The summed E-state index contributed by atoms with van der Waals surface area (Å²) >= 11 is 5.04. The van der Waals surface area contributed by atoms with E-state index in [0.717, 1.165) is 26.6 Å². The molecule has 5 heteroatoms. The Balaban J connectivity index is 2.00. The van der Waals surface area contributed by atoms with Gasteiger partial charge in [0, 0.05) is 6.20 Å². The van der Waals surface area contributed by atoms with Gasteiger partial charge in [0.25, 0.3) is 0 Å². The molecule has 94 valence electrons. The minimum absolute atomic E-state index is 0.390. The van der Waals surface area contributed by atoms with E-state index in [1.165, 1.54) is 12.8 Å². The number of carbonyl (C=O) groups is 1.